The lowest BCUT2D eigenvalue weighted by atomic mass is 10.0. The molecule has 0 N–H and O–H groups in total. The highest BCUT2D eigenvalue weighted by atomic mass is 32.1. The second-order valence-corrected chi connectivity index (χ2v) is 13.8. The minimum Gasteiger partial charge on any atom is -0.455 e. The number of thiophene rings is 1. The number of furan rings is 2. The molecule has 7 aromatic carbocycles. The number of fused-ring (bicyclic) bond motifs is 9. The highest BCUT2D eigenvalue weighted by Crippen LogP contribution is 2.42. The standard InChI is InChI=1S/C45H25N3O2S/c1-2-11-26(12-3-1)43-46-44(48-45(47-43)36-20-10-18-34-31-14-5-7-22-39(31)51-42(34)36)35-19-9-17-33-30-24-23-27(25-38(30)50-41(33)35)28-15-8-16-32-29-13-4-6-21-37(29)49-40(28)32/h1-25H. The van der Waals surface area contributed by atoms with Gasteiger partial charge in [-0.2, -0.15) is 0 Å². The molecule has 0 aliphatic carbocycles. The number of aromatic nitrogens is 3. The van der Waals surface area contributed by atoms with Gasteiger partial charge in [0.2, 0.25) is 0 Å². The van der Waals surface area contributed by atoms with Crippen LogP contribution in [-0.4, -0.2) is 15.0 Å². The predicted octanol–water partition coefficient (Wildman–Crippen LogP) is 12.7. The molecule has 0 spiro atoms. The van der Waals surface area contributed by atoms with Gasteiger partial charge in [-0.1, -0.05) is 115 Å². The van der Waals surface area contributed by atoms with Crippen LogP contribution in [0.2, 0.25) is 0 Å². The summed E-state index contributed by atoms with van der Waals surface area (Å²) in [6, 6.07) is 52.0. The molecule has 51 heavy (non-hydrogen) atoms. The molecule has 6 heteroatoms. The van der Waals surface area contributed by atoms with Crippen molar-refractivity contribution in [2.24, 2.45) is 0 Å². The lowest BCUT2D eigenvalue weighted by molar-refractivity contribution is 0.668. The number of nitrogens with zero attached hydrogens (tertiary/aromatic N) is 3. The molecule has 0 aliphatic rings. The average molecular weight is 672 g/mol. The van der Waals surface area contributed by atoms with Gasteiger partial charge in [0.1, 0.15) is 22.3 Å². The Labute approximate surface area is 295 Å². The van der Waals surface area contributed by atoms with E-state index in [0.29, 0.717) is 17.5 Å². The second-order valence-electron chi connectivity index (χ2n) is 12.7. The summed E-state index contributed by atoms with van der Waals surface area (Å²) in [6.45, 7) is 0. The molecule has 11 aromatic rings. The Kier molecular flexibility index (Phi) is 6.05. The maximum Gasteiger partial charge on any atom is 0.167 e. The summed E-state index contributed by atoms with van der Waals surface area (Å²) in [5.74, 6) is 1.81. The lowest BCUT2D eigenvalue weighted by Gasteiger charge is -2.09. The van der Waals surface area contributed by atoms with E-state index in [0.717, 1.165) is 76.4 Å². The Hall–Kier alpha value is -6.63. The minimum absolute atomic E-state index is 0.564. The first-order valence-corrected chi connectivity index (χ1v) is 17.7. The molecule has 0 fully saturated rings. The van der Waals surface area contributed by atoms with Gasteiger partial charge in [-0.05, 0) is 42.0 Å². The third-order valence-electron chi connectivity index (χ3n) is 9.77. The molecule has 0 unspecified atom stereocenters. The van der Waals surface area contributed by atoms with Gasteiger partial charge in [0.25, 0.3) is 0 Å². The smallest absolute Gasteiger partial charge is 0.167 e. The van der Waals surface area contributed by atoms with Crippen LogP contribution in [0.15, 0.2) is 160 Å². The Balaban J connectivity index is 1.11. The molecule has 11 rings (SSSR count). The Morgan fingerprint density at radius 2 is 0.961 bits per heavy atom. The van der Waals surface area contributed by atoms with Crippen LogP contribution in [0, 0.1) is 0 Å². The molecular formula is C45H25N3O2S. The molecule has 0 saturated heterocycles. The minimum atomic E-state index is 0.564. The van der Waals surface area contributed by atoms with E-state index >= 15 is 0 Å². The topological polar surface area (TPSA) is 65.0 Å². The highest BCUT2D eigenvalue weighted by Gasteiger charge is 2.20. The molecule has 0 bridgehead atoms. The van der Waals surface area contributed by atoms with Gasteiger partial charge in [-0.15, -0.1) is 11.3 Å². The van der Waals surface area contributed by atoms with Crippen LogP contribution >= 0.6 is 11.3 Å². The molecule has 4 heterocycles. The molecule has 5 nitrogen and oxygen atoms in total. The van der Waals surface area contributed by atoms with Crippen molar-refractivity contribution in [3.8, 4) is 45.3 Å². The van der Waals surface area contributed by atoms with E-state index in [1.807, 2.05) is 60.7 Å². The number of hydrogen-bond acceptors (Lipinski definition) is 6. The van der Waals surface area contributed by atoms with E-state index < -0.39 is 0 Å². The van der Waals surface area contributed by atoms with Crippen LogP contribution < -0.4 is 0 Å². The van der Waals surface area contributed by atoms with Crippen molar-refractivity contribution in [2.45, 2.75) is 0 Å². The molecule has 0 saturated carbocycles. The van der Waals surface area contributed by atoms with Crippen molar-refractivity contribution in [1.29, 1.82) is 0 Å². The molecular weight excluding hydrogens is 647 g/mol. The van der Waals surface area contributed by atoms with Gasteiger partial charge in [0.15, 0.2) is 17.5 Å². The Morgan fingerprint density at radius 3 is 1.80 bits per heavy atom. The predicted molar refractivity (Wildman–Crippen MR) is 209 cm³/mol. The van der Waals surface area contributed by atoms with E-state index in [4.69, 9.17) is 23.8 Å². The quantitative estimate of drug-likeness (QED) is 0.186. The normalized spacial score (nSPS) is 11.9. The maximum atomic E-state index is 6.74. The summed E-state index contributed by atoms with van der Waals surface area (Å²) in [6.07, 6.45) is 0. The van der Waals surface area contributed by atoms with E-state index in [-0.39, 0.29) is 0 Å². The van der Waals surface area contributed by atoms with Crippen molar-refractivity contribution in [2.75, 3.05) is 0 Å². The SMILES string of the molecule is c1ccc(-c2nc(-c3cccc4c3oc3cc(-c5cccc6c5oc5ccccc56)ccc34)nc(-c3cccc4c3sc3ccccc34)n2)cc1. The molecule has 4 aromatic heterocycles. The van der Waals surface area contributed by atoms with Crippen molar-refractivity contribution >= 4 is 75.4 Å². The van der Waals surface area contributed by atoms with Gasteiger partial charge in [0.05, 0.1) is 5.56 Å². The summed E-state index contributed by atoms with van der Waals surface area (Å²) in [7, 11) is 0. The molecule has 0 aliphatic heterocycles. The van der Waals surface area contributed by atoms with E-state index in [9.17, 15) is 0 Å². The number of rotatable bonds is 4. The molecule has 0 amide bonds. The highest BCUT2D eigenvalue weighted by molar-refractivity contribution is 7.26. The van der Waals surface area contributed by atoms with Crippen molar-refractivity contribution in [1.82, 2.24) is 15.0 Å². The van der Waals surface area contributed by atoms with Gasteiger partial charge in [0, 0.05) is 58.4 Å². The zero-order valence-electron chi connectivity index (χ0n) is 27.0. The fraction of sp³-hybridized carbons (Fsp3) is 0. The summed E-state index contributed by atoms with van der Waals surface area (Å²) in [4.78, 5) is 15.3. The fourth-order valence-electron chi connectivity index (χ4n) is 7.37. The number of hydrogen-bond donors (Lipinski definition) is 0. The third-order valence-corrected chi connectivity index (χ3v) is 11.0. The number of benzene rings is 7. The van der Waals surface area contributed by atoms with E-state index in [2.05, 4.69) is 91.0 Å². The van der Waals surface area contributed by atoms with Crippen LogP contribution in [-0.2, 0) is 0 Å². The Morgan fingerprint density at radius 1 is 0.373 bits per heavy atom. The Bertz CT molecular complexity index is 3160. The third kappa shape index (κ3) is 4.37. The summed E-state index contributed by atoms with van der Waals surface area (Å²) >= 11 is 1.77. The summed E-state index contributed by atoms with van der Waals surface area (Å²) in [5.41, 5.74) is 8.05. The van der Waals surface area contributed by atoms with Crippen LogP contribution in [0.3, 0.4) is 0 Å². The second kappa shape index (κ2) is 10.9. The maximum absolute atomic E-state index is 6.74. The van der Waals surface area contributed by atoms with E-state index in [1.165, 1.54) is 15.5 Å². The summed E-state index contributed by atoms with van der Waals surface area (Å²) < 4.78 is 15.5. The largest absolute Gasteiger partial charge is 0.455 e. The average Bonchev–Trinajstić information content (AvgIpc) is 3.89. The van der Waals surface area contributed by atoms with Crippen molar-refractivity contribution in [3.05, 3.63) is 152 Å². The van der Waals surface area contributed by atoms with Gasteiger partial charge < -0.3 is 8.83 Å². The van der Waals surface area contributed by atoms with Crippen LogP contribution in [0.1, 0.15) is 0 Å². The van der Waals surface area contributed by atoms with Crippen molar-refractivity contribution < 1.29 is 8.83 Å². The van der Waals surface area contributed by atoms with Crippen LogP contribution in [0.5, 0.6) is 0 Å². The first-order valence-electron chi connectivity index (χ1n) is 16.9. The van der Waals surface area contributed by atoms with Crippen LogP contribution in [0.25, 0.3) is 109 Å². The molecule has 0 atom stereocenters. The number of para-hydroxylation sites is 3. The summed E-state index contributed by atoms with van der Waals surface area (Å²) in [5, 5.41) is 6.68. The van der Waals surface area contributed by atoms with Crippen LogP contribution in [0.4, 0.5) is 0 Å². The van der Waals surface area contributed by atoms with Crippen molar-refractivity contribution in [3.63, 3.8) is 0 Å². The van der Waals surface area contributed by atoms with Gasteiger partial charge >= 0.3 is 0 Å². The van der Waals surface area contributed by atoms with Gasteiger partial charge in [-0.3, -0.25) is 0 Å². The monoisotopic (exact) mass is 671 g/mol. The van der Waals surface area contributed by atoms with Gasteiger partial charge in [-0.25, -0.2) is 15.0 Å². The first-order chi connectivity index (χ1) is 25.3. The molecule has 0 radical (unpaired) electrons. The van der Waals surface area contributed by atoms with E-state index in [1.54, 1.807) is 11.3 Å². The fourth-order valence-corrected chi connectivity index (χ4v) is 8.58. The first kappa shape index (κ1) is 28.2. The zero-order chi connectivity index (χ0) is 33.5. The lowest BCUT2D eigenvalue weighted by Crippen LogP contribution is -2.00. The molecule has 238 valence electrons. The zero-order valence-corrected chi connectivity index (χ0v) is 27.8.